The first-order chi connectivity index (χ1) is 13.0. The molecule has 1 aromatic heterocycles. The highest BCUT2D eigenvalue weighted by atomic mass is 35.5. The van der Waals surface area contributed by atoms with Crippen LogP contribution in [-0.2, 0) is 4.79 Å². The summed E-state index contributed by atoms with van der Waals surface area (Å²) in [5.74, 6) is 0.446. The van der Waals surface area contributed by atoms with Crippen molar-refractivity contribution in [3.05, 3.63) is 53.1 Å². The molecule has 1 amide bonds. The minimum absolute atomic E-state index is 0.196. The maximum Gasteiger partial charge on any atom is 0.237 e. The number of methoxy groups -OCH3 is 1. The van der Waals surface area contributed by atoms with Crippen LogP contribution in [0.5, 0.6) is 5.75 Å². The first kappa shape index (κ1) is 19.2. The molecule has 27 heavy (non-hydrogen) atoms. The molecular weight excluding hydrogens is 386 g/mol. The number of carbonyl (C=O) groups is 1. The molecule has 1 unspecified atom stereocenters. The number of thioether (sulfide) groups is 1. The van der Waals surface area contributed by atoms with Crippen molar-refractivity contribution in [1.82, 2.24) is 20.2 Å². The van der Waals surface area contributed by atoms with Gasteiger partial charge in [-0.05, 0) is 54.1 Å². The maximum absolute atomic E-state index is 12.5. The zero-order chi connectivity index (χ0) is 19.4. The van der Waals surface area contributed by atoms with Gasteiger partial charge in [-0.1, -0.05) is 41.6 Å². The summed E-state index contributed by atoms with van der Waals surface area (Å²) in [6, 6.07) is 12.8. The van der Waals surface area contributed by atoms with Gasteiger partial charge >= 0.3 is 0 Å². The Morgan fingerprint density at radius 2 is 2.07 bits per heavy atom. The molecule has 0 bridgehead atoms. The molecular formula is C18H18ClN5O2S. The van der Waals surface area contributed by atoms with Crippen LogP contribution in [0.25, 0.3) is 5.69 Å². The van der Waals surface area contributed by atoms with Gasteiger partial charge in [0, 0.05) is 0 Å². The number of rotatable bonds is 6. The number of para-hydroxylation sites is 1. The van der Waals surface area contributed by atoms with Crippen LogP contribution in [0.1, 0.15) is 12.5 Å². The van der Waals surface area contributed by atoms with Gasteiger partial charge in [0.1, 0.15) is 11.4 Å². The van der Waals surface area contributed by atoms with E-state index < -0.39 is 5.25 Å². The molecule has 2 aromatic carbocycles. The number of nitrogens with one attached hydrogen (secondary N) is 1. The Bertz CT molecular complexity index is 962. The number of tetrazole rings is 1. The average molecular weight is 404 g/mol. The van der Waals surface area contributed by atoms with Crippen molar-refractivity contribution in [2.24, 2.45) is 0 Å². The van der Waals surface area contributed by atoms with Crippen molar-refractivity contribution >= 4 is 35.0 Å². The van der Waals surface area contributed by atoms with E-state index in [0.717, 1.165) is 5.56 Å². The summed E-state index contributed by atoms with van der Waals surface area (Å²) >= 11 is 7.34. The van der Waals surface area contributed by atoms with Crippen LogP contribution in [0.15, 0.2) is 47.6 Å². The van der Waals surface area contributed by atoms with Crippen molar-refractivity contribution in [1.29, 1.82) is 0 Å². The maximum atomic E-state index is 12.5. The van der Waals surface area contributed by atoms with Gasteiger partial charge in [0.25, 0.3) is 0 Å². The van der Waals surface area contributed by atoms with E-state index in [9.17, 15) is 4.79 Å². The van der Waals surface area contributed by atoms with Gasteiger partial charge in [-0.25, -0.2) is 0 Å². The van der Waals surface area contributed by atoms with Crippen LogP contribution >= 0.6 is 23.4 Å². The lowest BCUT2D eigenvalue weighted by Crippen LogP contribution is -2.23. The minimum atomic E-state index is -0.443. The molecule has 0 radical (unpaired) electrons. The molecule has 140 valence electrons. The zero-order valence-electron chi connectivity index (χ0n) is 15.0. The quantitative estimate of drug-likeness (QED) is 0.631. The van der Waals surface area contributed by atoms with Gasteiger partial charge in [-0.3, -0.25) is 4.79 Å². The van der Waals surface area contributed by atoms with E-state index in [1.807, 2.05) is 31.2 Å². The summed E-state index contributed by atoms with van der Waals surface area (Å²) in [5, 5.41) is 15.2. The third-order valence-corrected chi connectivity index (χ3v) is 5.15. The highest BCUT2D eigenvalue weighted by Gasteiger charge is 2.21. The number of amides is 1. The van der Waals surface area contributed by atoms with Gasteiger partial charge in [0.15, 0.2) is 0 Å². The predicted octanol–water partition coefficient (Wildman–Crippen LogP) is 3.75. The number of halogens is 1. The smallest absolute Gasteiger partial charge is 0.237 e. The second-order valence-electron chi connectivity index (χ2n) is 5.78. The first-order valence-corrected chi connectivity index (χ1v) is 9.41. The number of ether oxygens (including phenoxy) is 1. The van der Waals surface area contributed by atoms with Crippen LogP contribution in [0.4, 0.5) is 5.69 Å². The standard InChI is InChI=1S/C18H18ClN5O2S/c1-11-8-9-16(26-3)15(10-11)24-18(21-22-23-24)27-12(2)17(25)20-14-7-5-4-6-13(14)19/h4-10,12H,1-3H3,(H,20,25). The van der Waals surface area contributed by atoms with Gasteiger partial charge in [-0.15, -0.1) is 5.10 Å². The number of aromatic nitrogens is 4. The van der Waals surface area contributed by atoms with Crippen LogP contribution in [0, 0.1) is 6.92 Å². The molecule has 0 spiro atoms. The SMILES string of the molecule is COc1ccc(C)cc1-n1nnnc1SC(C)C(=O)Nc1ccccc1Cl. The zero-order valence-corrected chi connectivity index (χ0v) is 16.6. The molecule has 9 heteroatoms. The normalized spacial score (nSPS) is 11.9. The number of carbonyl (C=O) groups excluding carboxylic acids is 1. The first-order valence-electron chi connectivity index (χ1n) is 8.15. The van der Waals surface area contributed by atoms with Gasteiger partial charge in [-0.2, -0.15) is 4.68 Å². The summed E-state index contributed by atoms with van der Waals surface area (Å²) in [6.45, 7) is 3.75. The fraction of sp³-hybridized carbons (Fsp3) is 0.222. The van der Waals surface area contributed by atoms with Gasteiger partial charge in [0.2, 0.25) is 11.1 Å². The third-order valence-electron chi connectivity index (χ3n) is 3.79. The summed E-state index contributed by atoms with van der Waals surface area (Å²) in [4.78, 5) is 12.5. The molecule has 1 N–H and O–H groups in total. The van der Waals surface area contributed by atoms with E-state index >= 15 is 0 Å². The summed E-state index contributed by atoms with van der Waals surface area (Å²) in [6.07, 6.45) is 0. The largest absolute Gasteiger partial charge is 0.494 e. The van der Waals surface area contributed by atoms with Gasteiger partial charge in [0.05, 0.1) is 23.1 Å². The van der Waals surface area contributed by atoms with E-state index in [1.54, 1.807) is 36.9 Å². The Morgan fingerprint density at radius 3 is 2.81 bits per heavy atom. The number of nitrogens with zero attached hydrogens (tertiary/aromatic N) is 4. The average Bonchev–Trinajstić information content (AvgIpc) is 3.11. The van der Waals surface area contributed by atoms with Crippen LogP contribution in [0.2, 0.25) is 5.02 Å². The lowest BCUT2D eigenvalue weighted by molar-refractivity contribution is -0.115. The minimum Gasteiger partial charge on any atom is -0.494 e. The van der Waals surface area contributed by atoms with Crippen LogP contribution in [0.3, 0.4) is 0 Å². The molecule has 1 atom stereocenters. The summed E-state index contributed by atoms with van der Waals surface area (Å²) in [5.41, 5.74) is 2.32. The monoisotopic (exact) mass is 403 g/mol. The predicted molar refractivity (Wildman–Crippen MR) is 106 cm³/mol. The molecule has 1 heterocycles. The number of aryl methyl sites for hydroxylation is 1. The molecule has 3 rings (SSSR count). The second kappa shape index (κ2) is 8.41. The molecule has 3 aromatic rings. The molecule has 0 aliphatic heterocycles. The highest BCUT2D eigenvalue weighted by molar-refractivity contribution is 8.00. The highest BCUT2D eigenvalue weighted by Crippen LogP contribution is 2.29. The van der Waals surface area contributed by atoms with E-state index in [-0.39, 0.29) is 5.91 Å². The van der Waals surface area contributed by atoms with E-state index in [4.69, 9.17) is 16.3 Å². The summed E-state index contributed by atoms with van der Waals surface area (Å²) < 4.78 is 6.97. The Hall–Kier alpha value is -2.58. The summed E-state index contributed by atoms with van der Waals surface area (Å²) in [7, 11) is 1.59. The fourth-order valence-corrected chi connectivity index (χ4v) is 3.36. The lowest BCUT2D eigenvalue weighted by Gasteiger charge is -2.14. The molecule has 0 aliphatic carbocycles. The lowest BCUT2D eigenvalue weighted by atomic mass is 10.2. The molecule has 0 aliphatic rings. The van der Waals surface area contributed by atoms with Crippen LogP contribution < -0.4 is 10.1 Å². The fourth-order valence-electron chi connectivity index (χ4n) is 2.38. The van der Waals surface area contributed by atoms with Crippen LogP contribution in [-0.4, -0.2) is 38.5 Å². The Morgan fingerprint density at radius 1 is 1.30 bits per heavy atom. The Kier molecular flexibility index (Phi) is 5.98. The van der Waals surface area contributed by atoms with Crippen molar-refractivity contribution < 1.29 is 9.53 Å². The molecule has 0 saturated carbocycles. The van der Waals surface area contributed by atoms with E-state index in [1.165, 1.54) is 11.8 Å². The van der Waals surface area contributed by atoms with Gasteiger partial charge < -0.3 is 10.1 Å². The molecule has 0 saturated heterocycles. The van der Waals surface area contributed by atoms with Crippen molar-refractivity contribution in [2.45, 2.75) is 24.3 Å². The van der Waals surface area contributed by atoms with E-state index in [2.05, 4.69) is 20.8 Å². The second-order valence-corrected chi connectivity index (χ2v) is 7.49. The third kappa shape index (κ3) is 4.40. The number of hydrogen-bond donors (Lipinski definition) is 1. The van der Waals surface area contributed by atoms with E-state index in [0.29, 0.717) is 27.3 Å². The number of anilines is 1. The topological polar surface area (TPSA) is 81.9 Å². The molecule has 0 fully saturated rings. The molecule has 7 nitrogen and oxygen atoms in total. The number of hydrogen-bond acceptors (Lipinski definition) is 6. The van der Waals surface area contributed by atoms with Crippen molar-refractivity contribution in [2.75, 3.05) is 12.4 Å². The Balaban J connectivity index is 1.79. The Labute approximate surface area is 166 Å². The van der Waals surface area contributed by atoms with Crippen molar-refractivity contribution in [3.8, 4) is 11.4 Å². The number of benzene rings is 2. The van der Waals surface area contributed by atoms with Crippen molar-refractivity contribution in [3.63, 3.8) is 0 Å².